The lowest BCUT2D eigenvalue weighted by Crippen LogP contribution is -2.32. The molecule has 1 N–H and O–H groups in total. The molecule has 0 bridgehead atoms. The average molecular weight is 513 g/mol. The van der Waals surface area contributed by atoms with Gasteiger partial charge in [-0.2, -0.15) is 0 Å². The number of ether oxygens (including phenoxy) is 1. The molecule has 5 rings (SSSR count). The van der Waals surface area contributed by atoms with Gasteiger partial charge in [-0.25, -0.2) is 4.68 Å². The van der Waals surface area contributed by atoms with Crippen LogP contribution < -0.4 is 10.3 Å². The minimum Gasteiger partial charge on any atom is -0.497 e. The van der Waals surface area contributed by atoms with Crippen molar-refractivity contribution in [3.05, 3.63) is 105 Å². The zero-order chi connectivity index (χ0) is 26.6. The van der Waals surface area contributed by atoms with Gasteiger partial charge in [-0.1, -0.05) is 25.1 Å². The zero-order valence-corrected chi connectivity index (χ0v) is 22.1. The van der Waals surface area contributed by atoms with E-state index in [4.69, 9.17) is 9.15 Å². The van der Waals surface area contributed by atoms with E-state index >= 15 is 0 Å². The van der Waals surface area contributed by atoms with Crippen LogP contribution in [0.15, 0.2) is 70.1 Å². The molecule has 9 nitrogen and oxygen atoms in total. The number of nitrogens with one attached hydrogen (secondary N) is 1. The highest BCUT2D eigenvalue weighted by Crippen LogP contribution is 2.28. The molecule has 0 amide bonds. The molecule has 38 heavy (non-hydrogen) atoms. The average Bonchev–Trinajstić information content (AvgIpc) is 3.58. The number of aromatic nitrogens is 5. The number of aryl methyl sites for hydroxylation is 2. The normalized spacial score (nSPS) is 12.3. The second-order valence-corrected chi connectivity index (χ2v) is 9.62. The minimum atomic E-state index is -0.150. The molecule has 0 radical (unpaired) electrons. The molecule has 2 aromatic carbocycles. The molecule has 5 aromatic rings. The maximum absolute atomic E-state index is 13.2. The molecule has 0 spiro atoms. The minimum absolute atomic E-state index is 0.0976. The van der Waals surface area contributed by atoms with E-state index in [2.05, 4.69) is 45.3 Å². The van der Waals surface area contributed by atoms with Crippen LogP contribution in [0.2, 0.25) is 0 Å². The molecule has 0 aliphatic rings. The third-order valence-electron chi connectivity index (χ3n) is 6.88. The molecule has 0 saturated carbocycles. The topological polar surface area (TPSA) is 102 Å². The van der Waals surface area contributed by atoms with E-state index in [-0.39, 0.29) is 11.6 Å². The molecule has 1 unspecified atom stereocenters. The SMILES string of the molecule is CCC(c1nnnn1Cc1ccc(OC)cc1)N(Cc1ccco1)Cc1cc2c(C)cc(C)cc2[nH]c1=O. The van der Waals surface area contributed by atoms with Crippen LogP contribution in [-0.4, -0.2) is 37.2 Å². The summed E-state index contributed by atoms with van der Waals surface area (Å²) in [5.74, 6) is 2.34. The second kappa shape index (κ2) is 11.0. The molecule has 3 aromatic heterocycles. The molecule has 0 saturated heterocycles. The number of rotatable bonds is 10. The van der Waals surface area contributed by atoms with Crippen LogP contribution in [0, 0.1) is 13.8 Å². The van der Waals surface area contributed by atoms with E-state index in [0.29, 0.717) is 25.2 Å². The lowest BCUT2D eigenvalue weighted by molar-refractivity contribution is 0.149. The number of benzene rings is 2. The monoisotopic (exact) mass is 512 g/mol. The summed E-state index contributed by atoms with van der Waals surface area (Å²) < 4.78 is 12.8. The van der Waals surface area contributed by atoms with E-state index in [9.17, 15) is 4.79 Å². The van der Waals surface area contributed by atoms with E-state index < -0.39 is 0 Å². The summed E-state index contributed by atoms with van der Waals surface area (Å²) >= 11 is 0. The van der Waals surface area contributed by atoms with Crippen molar-refractivity contribution in [1.82, 2.24) is 30.1 Å². The molecule has 1 atom stereocenters. The van der Waals surface area contributed by atoms with Gasteiger partial charge >= 0.3 is 0 Å². The van der Waals surface area contributed by atoms with E-state index in [1.165, 1.54) is 0 Å². The number of tetrazole rings is 1. The van der Waals surface area contributed by atoms with Gasteiger partial charge in [0, 0.05) is 23.0 Å². The summed E-state index contributed by atoms with van der Waals surface area (Å²) in [5.41, 5.74) is 4.74. The van der Waals surface area contributed by atoms with Gasteiger partial charge in [0.25, 0.3) is 5.56 Å². The van der Waals surface area contributed by atoms with E-state index in [1.807, 2.05) is 60.1 Å². The highest BCUT2D eigenvalue weighted by atomic mass is 16.5. The van der Waals surface area contributed by atoms with Gasteiger partial charge in [-0.3, -0.25) is 9.69 Å². The Hall–Kier alpha value is -4.24. The van der Waals surface area contributed by atoms with Crippen molar-refractivity contribution in [2.45, 2.75) is 52.9 Å². The first-order chi connectivity index (χ1) is 18.4. The lowest BCUT2D eigenvalue weighted by Gasteiger charge is -2.29. The highest BCUT2D eigenvalue weighted by molar-refractivity contribution is 5.83. The van der Waals surface area contributed by atoms with E-state index in [1.54, 1.807) is 13.4 Å². The van der Waals surface area contributed by atoms with Crippen molar-refractivity contribution in [3.8, 4) is 5.75 Å². The fourth-order valence-corrected chi connectivity index (χ4v) is 5.00. The predicted octanol–water partition coefficient (Wildman–Crippen LogP) is 4.93. The number of fused-ring (bicyclic) bond motifs is 1. The van der Waals surface area contributed by atoms with Crippen molar-refractivity contribution in [1.29, 1.82) is 0 Å². The molecular weight excluding hydrogens is 480 g/mol. The van der Waals surface area contributed by atoms with E-state index in [0.717, 1.165) is 51.3 Å². The first-order valence-electron chi connectivity index (χ1n) is 12.7. The molecule has 9 heteroatoms. The Balaban J connectivity index is 1.50. The first kappa shape index (κ1) is 25.4. The van der Waals surface area contributed by atoms with Gasteiger partial charge in [0.05, 0.1) is 32.5 Å². The van der Waals surface area contributed by atoms with Crippen molar-refractivity contribution in [2.24, 2.45) is 0 Å². The molecule has 196 valence electrons. The van der Waals surface area contributed by atoms with Crippen LogP contribution in [0.4, 0.5) is 0 Å². The van der Waals surface area contributed by atoms with Gasteiger partial charge < -0.3 is 14.1 Å². The number of nitrogens with zero attached hydrogens (tertiary/aromatic N) is 5. The molecule has 0 aliphatic carbocycles. The van der Waals surface area contributed by atoms with Gasteiger partial charge in [0.1, 0.15) is 11.5 Å². The molecule has 3 heterocycles. The highest BCUT2D eigenvalue weighted by Gasteiger charge is 2.27. The number of pyridine rings is 1. The molecule has 0 aliphatic heterocycles. The third kappa shape index (κ3) is 5.38. The van der Waals surface area contributed by atoms with Gasteiger partial charge in [0.15, 0.2) is 5.82 Å². The van der Waals surface area contributed by atoms with Gasteiger partial charge in [-0.05, 0) is 83.8 Å². The number of methoxy groups -OCH3 is 1. The fourth-order valence-electron chi connectivity index (χ4n) is 5.00. The summed E-state index contributed by atoms with van der Waals surface area (Å²) in [4.78, 5) is 18.5. The number of H-pyrrole nitrogens is 1. The number of hydrogen-bond acceptors (Lipinski definition) is 7. The summed E-state index contributed by atoms with van der Waals surface area (Å²) in [6.07, 6.45) is 2.41. The Labute approximate surface area is 221 Å². The van der Waals surface area contributed by atoms with Crippen LogP contribution in [0.1, 0.15) is 53.2 Å². The van der Waals surface area contributed by atoms with Crippen LogP contribution >= 0.6 is 0 Å². The summed E-state index contributed by atoms with van der Waals surface area (Å²) in [7, 11) is 1.65. The van der Waals surface area contributed by atoms with Gasteiger partial charge in [0.2, 0.25) is 0 Å². The number of furan rings is 1. The Morgan fingerprint density at radius 1 is 1.11 bits per heavy atom. The third-order valence-corrected chi connectivity index (χ3v) is 6.88. The first-order valence-corrected chi connectivity index (χ1v) is 12.7. The Bertz CT molecular complexity index is 1570. The summed E-state index contributed by atoms with van der Waals surface area (Å²) in [5, 5.41) is 13.8. The summed E-state index contributed by atoms with van der Waals surface area (Å²) in [6.45, 7) is 7.64. The fraction of sp³-hybridized carbons (Fsp3) is 0.310. The molecular formula is C29H32N6O3. The van der Waals surface area contributed by atoms with Crippen LogP contribution in [0.5, 0.6) is 5.75 Å². The zero-order valence-electron chi connectivity index (χ0n) is 22.1. The number of aromatic amines is 1. The maximum atomic E-state index is 13.2. The Morgan fingerprint density at radius 2 is 1.92 bits per heavy atom. The predicted molar refractivity (Wildman–Crippen MR) is 145 cm³/mol. The van der Waals surface area contributed by atoms with Crippen molar-refractivity contribution >= 4 is 10.9 Å². The smallest absolute Gasteiger partial charge is 0.252 e. The molecule has 0 fully saturated rings. The van der Waals surface area contributed by atoms with Gasteiger partial charge in [-0.15, -0.1) is 5.10 Å². The van der Waals surface area contributed by atoms with Crippen molar-refractivity contribution < 1.29 is 9.15 Å². The quantitative estimate of drug-likeness (QED) is 0.283. The van der Waals surface area contributed by atoms with Crippen LogP contribution in [0.25, 0.3) is 10.9 Å². The summed E-state index contributed by atoms with van der Waals surface area (Å²) in [6, 6.07) is 17.7. The van der Waals surface area contributed by atoms with Crippen LogP contribution in [-0.2, 0) is 19.6 Å². The lowest BCUT2D eigenvalue weighted by atomic mass is 10.0. The van der Waals surface area contributed by atoms with Crippen LogP contribution in [0.3, 0.4) is 0 Å². The van der Waals surface area contributed by atoms with Crippen molar-refractivity contribution in [2.75, 3.05) is 7.11 Å². The Morgan fingerprint density at radius 3 is 2.63 bits per heavy atom. The number of hydrogen-bond donors (Lipinski definition) is 1. The largest absolute Gasteiger partial charge is 0.497 e. The Kier molecular flexibility index (Phi) is 7.37. The maximum Gasteiger partial charge on any atom is 0.252 e. The second-order valence-electron chi connectivity index (χ2n) is 9.62. The van der Waals surface area contributed by atoms with Crippen molar-refractivity contribution in [3.63, 3.8) is 0 Å². The standard InChI is InChI=1S/C29H32N6O3/c1-5-27(28-31-32-33-35(28)16-21-8-10-23(37-4)11-9-21)34(18-24-7-6-12-38-24)17-22-15-25-20(3)13-19(2)14-26(25)30-29(22)36/h6-15,27H,5,16-18H2,1-4H3,(H,30,36).